The van der Waals surface area contributed by atoms with Gasteiger partial charge < -0.3 is 0 Å². The smallest absolute Gasteiger partial charge is 0.288 e. The lowest BCUT2D eigenvalue weighted by molar-refractivity contribution is -0.0929. The first-order valence-corrected chi connectivity index (χ1v) is 4.03. The Morgan fingerprint density at radius 1 is 1.23 bits per heavy atom. The molecule has 0 saturated heterocycles. The molecule has 0 unspecified atom stereocenters. The molecule has 0 bridgehead atoms. The molecule has 0 radical (unpaired) electrons. The van der Waals surface area contributed by atoms with Crippen LogP contribution in [0.3, 0.4) is 0 Å². The van der Waals surface area contributed by atoms with Crippen LogP contribution in [0, 0.1) is 5.41 Å². The van der Waals surface area contributed by atoms with Gasteiger partial charge in [0.15, 0.2) is 0 Å². The van der Waals surface area contributed by atoms with E-state index >= 15 is 0 Å². The zero-order chi connectivity index (χ0) is 10.3. The number of halogens is 3. The Morgan fingerprint density at radius 3 is 2.08 bits per heavy atom. The van der Waals surface area contributed by atoms with Gasteiger partial charge in [0.2, 0.25) is 0 Å². The Labute approximate surface area is 75.4 Å². The molecule has 1 nitrogen and oxygen atoms in total. The zero-order valence-electron chi connectivity index (χ0n) is 7.87. The largest absolute Gasteiger partial charge is 0.414 e. The maximum atomic E-state index is 12.4. The molecule has 0 N–H and O–H groups in total. The van der Waals surface area contributed by atoms with Gasteiger partial charge in [0.25, 0.3) is 0 Å². The van der Waals surface area contributed by atoms with Crippen molar-refractivity contribution in [2.45, 2.75) is 26.9 Å². The number of nitrogens with zero attached hydrogens (tertiary/aromatic N) is 1. The summed E-state index contributed by atoms with van der Waals surface area (Å²) in [5.74, 6) is 0. The molecule has 1 aliphatic heterocycles. The van der Waals surface area contributed by atoms with E-state index in [4.69, 9.17) is 0 Å². The van der Waals surface area contributed by atoms with E-state index in [1.54, 1.807) is 20.8 Å². The predicted molar refractivity (Wildman–Crippen MR) is 45.9 cm³/mol. The molecular weight excluding hydrogens is 179 g/mol. The van der Waals surface area contributed by atoms with Gasteiger partial charge in [-0.1, -0.05) is 20.8 Å². The van der Waals surface area contributed by atoms with Crippen LogP contribution in [0.25, 0.3) is 0 Å². The van der Waals surface area contributed by atoms with Gasteiger partial charge in [-0.05, 0) is 11.0 Å². The Hall–Kier alpha value is -0.800. The van der Waals surface area contributed by atoms with Gasteiger partial charge >= 0.3 is 6.18 Å². The van der Waals surface area contributed by atoms with Gasteiger partial charge in [-0.25, -0.2) is 0 Å². The summed E-state index contributed by atoms with van der Waals surface area (Å²) in [6.07, 6.45) is -2.90. The normalized spacial score (nSPS) is 18.6. The number of aliphatic imine (C=N–C) groups is 1. The summed E-state index contributed by atoms with van der Waals surface area (Å²) in [6.45, 7) is 5.04. The molecule has 0 aliphatic carbocycles. The molecular formula is C9H12F3N. The van der Waals surface area contributed by atoms with Gasteiger partial charge in [-0.2, -0.15) is 13.2 Å². The van der Waals surface area contributed by atoms with E-state index in [-0.39, 0.29) is 6.54 Å². The van der Waals surface area contributed by atoms with Crippen molar-refractivity contribution in [3.63, 3.8) is 0 Å². The van der Waals surface area contributed by atoms with Crippen molar-refractivity contribution in [3.8, 4) is 0 Å². The van der Waals surface area contributed by atoms with Crippen molar-refractivity contribution in [1.82, 2.24) is 0 Å². The molecule has 0 aromatic rings. The lowest BCUT2D eigenvalue weighted by Crippen LogP contribution is -2.20. The number of hydrogen-bond acceptors (Lipinski definition) is 1. The molecule has 74 valence electrons. The first kappa shape index (κ1) is 10.3. The standard InChI is InChI=1S/C9H12F3N/c1-8(2,3)6-4-13-5-7(6)9(10,11)12/h4H,5H2,1-3H3. The maximum absolute atomic E-state index is 12.4. The number of alkyl halides is 3. The van der Waals surface area contributed by atoms with Crippen LogP contribution in [0.2, 0.25) is 0 Å². The zero-order valence-corrected chi connectivity index (χ0v) is 7.87. The van der Waals surface area contributed by atoms with Crippen LogP contribution in [0.4, 0.5) is 13.2 Å². The summed E-state index contributed by atoms with van der Waals surface area (Å²) >= 11 is 0. The van der Waals surface area contributed by atoms with Gasteiger partial charge in [-0.3, -0.25) is 4.99 Å². The van der Waals surface area contributed by atoms with E-state index in [1.165, 1.54) is 6.21 Å². The van der Waals surface area contributed by atoms with Crippen molar-refractivity contribution in [2.24, 2.45) is 10.4 Å². The molecule has 0 aromatic carbocycles. The van der Waals surface area contributed by atoms with Crippen LogP contribution in [0.5, 0.6) is 0 Å². The Bertz CT molecular complexity index is 266. The van der Waals surface area contributed by atoms with E-state index in [2.05, 4.69) is 4.99 Å². The van der Waals surface area contributed by atoms with Crippen LogP contribution < -0.4 is 0 Å². The Kier molecular flexibility index (Phi) is 2.26. The summed E-state index contributed by atoms with van der Waals surface area (Å²) in [5.41, 5.74) is -0.676. The fourth-order valence-corrected chi connectivity index (χ4v) is 1.28. The number of hydrogen-bond donors (Lipinski definition) is 0. The molecule has 4 heteroatoms. The summed E-state index contributed by atoms with van der Waals surface area (Å²) in [4.78, 5) is 3.66. The monoisotopic (exact) mass is 191 g/mol. The lowest BCUT2D eigenvalue weighted by atomic mass is 9.84. The minimum atomic E-state index is -4.24. The van der Waals surface area contributed by atoms with Gasteiger partial charge in [0.1, 0.15) is 0 Å². The highest BCUT2D eigenvalue weighted by Crippen LogP contribution is 2.37. The maximum Gasteiger partial charge on any atom is 0.414 e. The highest BCUT2D eigenvalue weighted by atomic mass is 19.4. The van der Waals surface area contributed by atoms with Crippen LogP contribution in [0.1, 0.15) is 20.8 Å². The van der Waals surface area contributed by atoms with E-state index in [0.29, 0.717) is 5.57 Å². The minimum absolute atomic E-state index is 0.226. The van der Waals surface area contributed by atoms with Crippen molar-refractivity contribution in [3.05, 3.63) is 11.1 Å². The molecule has 0 atom stereocenters. The van der Waals surface area contributed by atoms with Crippen molar-refractivity contribution < 1.29 is 13.2 Å². The average Bonchev–Trinajstić information content (AvgIpc) is 2.27. The van der Waals surface area contributed by atoms with Crippen molar-refractivity contribution >= 4 is 6.21 Å². The highest BCUT2D eigenvalue weighted by molar-refractivity contribution is 5.84. The molecule has 0 aromatic heterocycles. The second kappa shape index (κ2) is 2.86. The number of allylic oxidation sites excluding steroid dienone is 1. The minimum Gasteiger partial charge on any atom is -0.288 e. The fraction of sp³-hybridized carbons (Fsp3) is 0.667. The third-order valence-corrected chi connectivity index (χ3v) is 1.95. The molecule has 0 saturated carbocycles. The predicted octanol–water partition coefficient (Wildman–Crippen LogP) is 2.98. The lowest BCUT2D eigenvalue weighted by Gasteiger charge is -2.21. The first-order chi connectivity index (χ1) is 5.73. The van der Waals surface area contributed by atoms with Gasteiger partial charge in [0, 0.05) is 6.21 Å². The third kappa shape index (κ3) is 2.11. The number of rotatable bonds is 0. The van der Waals surface area contributed by atoms with Crippen LogP contribution >= 0.6 is 0 Å². The fourth-order valence-electron chi connectivity index (χ4n) is 1.28. The van der Waals surface area contributed by atoms with Crippen molar-refractivity contribution in [2.75, 3.05) is 6.54 Å². The average molecular weight is 191 g/mol. The Balaban J connectivity index is 3.10. The molecule has 1 aliphatic rings. The third-order valence-electron chi connectivity index (χ3n) is 1.95. The first-order valence-electron chi connectivity index (χ1n) is 4.03. The van der Waals surface area contributed by atoms with Gasteiger partial charge in [0.05, 0.1) is 12.1 Å². The summed E-state index contributed by atoms with van der Waals surface area (Å²) in [7, 11) is 0. The molecule has 0 spiro atoms. The SMILES string of the molecule is CC(C)(C)C1=C(C(F)(F)F)CN=C1. The summed E-state index contributed by atoms with van der Waals surface area (Å²) in [5, 5.41) is 0. The molecule has 0 amide bonds. The van der Waals surface area contributed by atoms with E-state index in [9.17, 15) is 13.2 Å². The topological polar surface area (TPSA) is 12.4 Å². The van der Waals surface area contributed by atoms with E-state index in [0.717, 1.165) is 0 Å². The van der Waals surface area contributed by atoms with Crippen LogP contribution in [-0.4, -0.2) is 18.9 Å². The molecule has 1 rings (SSSR count). The summed E-state index contributed by atoms with van der Waals surface area (Å²) < 4.78 is 37.2. The van der Waals surface area contributed by atoms with E-state index in [1.807, 2.05) is 0 Å². The molecule has 1 heterocycles. The Morgan fingerprint density at radius 2 is 1.77 bits per heavy atom. The van der Waals surface area contributed by atoms with Crippen molar-refractivity contribution in [1.29, 1.82) is 0 Å². The molecule has 13 heavy (non-hydrogen) atoms. The van der Waals surface area contributed by atoms with Crippen LogP contribution in [0.15, 0.2) is 16.1 Å². The quantitative estimate of drug-likeness (QED) is 0.558. The van der Waals surface area contributed by atoms with Gasteiger partial charge in [-0.15, -0.1) is 0 Å². The van der Waals surface area contributed by atoms with Crippen LogP contribution in [-0.2, 0) is 0 Å². The second-order valence-electron chi connectivity index (χ2n) is 4.11. The highest BCUT2D eigenvalue weighted by Gasteiger charge is 2.39. The molecule has 0 fully saturated rings. The second-order valence-corrected chi connectivity index (χ2v) is 4.11. The summed E-state index contributed by atoms with van der Waals surface area (Å²) in [6, 6.07) is 0. The van der Waals surface area contributed by atoms with E-state index < -0.39 is 17.2 Å².